The molecule has 0 aliphatic carbocycles. The summed E-state index contributed by atoms with van der Waals surface area (Å²) >= 11 is 0. The van der Waals surface area contributed by atoms with Gasteiger partial charge in [0.05, 0.1) is 24.0 Å². The Labute approximate surface area is 153 Å². The molecule has 0 saturated carbocycles. The van der Waals surface area contributed by atoms with E-state index in [1.54, 1.807) is 6.20 Å². The number of rotatable bonds is 4. The fourth-order valence-corrected chi connectivity index (χ4v) is 3.56. The van der Waals surface area contributed by atoms with Crippen molar-refractivity contribution in [2.24, 2.45) is 0 Å². The molecule has 2 aromatic heterocycles. The minimum Gasteiger partial charge on any atom is -0.334 e. The number of hydrogen-bond acceptors (Lipinski definition) is 3. The average molecular weight is 349 g/mol. The Morgan fingerprint density at radius 1 is 1.15 bits per heavy atom. The summed E-state index contributed by atoms with van der Waals surface area (Å²) in [5.74, 6) is 0.102. The summed E-state index contributed by atoms with van der Waals surface area (Å²) in [5, 5.41) is 8.70. The van der Waals surface area contributed by atoms with Crippen molar-refractivity contribution in [1.29, 1.82) is 0 Å². The number of aryl methyl sites for hydroxylation is 1. The molecule has 134 valence electrons. The highest BCUT2D eigenvalue weighted by molar-refractivity contribution is 5.94. The van der Waals surface area contributed by atoms with E-state index in [1.165, 1.54) is 0 Å². The van der Waals surface area contributed by atoms with E-state index in [2.05, 4.69) is 10.2 Å². The number of aromatic nitrogens is 4. The average Bonchev–Trinajstić information content (AvgIpc) is 3.34. The van der Waals surface area contributed by atoms with E-state index in [0.717, 1.165) is 49.3 Å². The second-order valence-electron chi connectivity index (χ2n) is 6.82. The Balaban J connectivity index is 1.51. The van der Waals surface area contributed by atoms with Gasteiger partial charge in [0, 0.05) is 30.7 Å². The lowest BCUT2D eigenvalue weighted by molar-refractivity contribution is 0.0584. The van der Waals surface area contributed by atoms with Crippen molar-refractivity contribution in [2.75, 3.05) is 6.54 Å². The zero-order chi connectivity index (χ0) is 17.9. The predicted molar refractivity (Wildman–Crippen MR) is 99.2 cm³/mol. The van der Waals surface area contributed by atoms with E-state index in [9.17, 15) is 4.79 Å². The first-order valence-electron chi connectivity index (χ1n) is 9.12. The molecule has 26 heavy (non-hydrogen) atoms. The Bertz CT molecular complexity index is 866. The van der Waals surface area contributed by atoms with Crippen molar-refractivity contribution in [3.8, 4) is 5.69 Å². The van der Waals surface area contributed by atoms with E-state index in [0.29, 0.717) is 0 Å². The maximum atomic E-state index is 13.1. The fraction of sp³-hybridized carbons (Fsp3) is 0.350. The molecule has 0 spiro atoms. The number of amides is 1. The van der Waals surface area contributed by atoms with Crippen LogP contribution in [0.1, 0.15) is 35.3 Å². The highest BCUT2D eigenvalue weighted by Gasteiger charge is 2.27. The summed E-state index contributed by atoms with van der Waals surface area (Å²) in [6, 6.07) is 11.8. The highest BCUT2D eigenvalue weighted by Crippen LogP contribution is 2.21. The van der Waals surface area contributed by atoms with Gasteiger partial charge in [-0.3, -0.25) is 9.48 Å². The second kappa shape index (κ2) is 7.15. The zero-order valence-corrected chi connectivity index (χ0v) is 15.0. The van der Waals surface area contributed by atoms with Gasteiger partial charge in [0.2, 0.25) is 0 Å². The van der Waals surface area contributed by atoms with Crippen LogP contribution in [0.3, 0.4) is 0 Å². The molecule has 1 aliphatic rings. The Morgan fingerprint density at radius 3 is 2.69 bits per heavy atom. The molecule has 1 fully saturated rings. The molecule has 0 radical (unpaired) electrons. The molecule has 6 nitrogen and oxygen atoms in total. The van der Waals surface area contributed by atoms with Gasteiger partial charge >= 0.3 is 0 Å². The lowest BCUT2D eigenvalue weighted by Gasteiger charge is -2.35. The van der Waals surface area contributed by atoms with Crippen molar-refractivity contribution in [3.05, 3.63) is 66.2 Å². The third kappa shape index (κ3) is 3.40. The minimum atomic E-state index is 0.102. The molecule has 3 aromatic rings. The van der Waals surface area contributed by atoms with Gasteiger partial charge in [-0.15, -0.1) is 0 Å². The van der Waals surface area contributed by atoms with Crippen LogP contribution >= 0.6 is 0 Å². The summed E-state index contributed by atoms with van der Waals surface area (Å²) in [4.78, 5) is 15.1. The van der Waals surface area contributed by atoms with Crippen molar-refractivity contribution in [1.82, 2.24) is 24.5 Å². The summed E-state index contributed by atoms with van der Waals surface area (Å²) in [6.07, 6.45) is 8.91. The van der Waals surface area contributed by atoms with Gasteiger partial charge in [-0.1, -0.05) is 0 Å². The van der Waals surface area contributed by atoms with Crippen molar-refractivity contribution < 1.29 is 4.79 Å². The van der Waals surface area contributed by atoms with E-state index >= 15 is 0 Å². The zero-order valence-electron chi connectivity index (χ0n) is 15.0. The summed E-state index contributed by atoms with van der Waals surface area (Å²) in [5.41, 5.74) is 2.66. The predicted octanol–water partition coefficient (Wildman–Crippen LogP) is 3.07. The van der Waals surface area contributed by atoms with Gasteiger partial charge < -0.3 is 4.90 Å². The molecule has 1 saturated heterocycles. The Kier molecular flexibility index (Phi) is 4.56. The molecule has 6 heteroatoms. The number of benzene rings is 1. The largest absolute Gasteiger partial charge is 0.334 e. The van der Waals surface area contributed by atoms with Gasteiger partial charge in [0.1, 0.15) is 0 Å². The topological polar surface area (TPSA) is 56.0 Å². The fourth-order valence-electron chi connectivity index (χ4n) is 3.56. The van der Waals surface area contributed by atoms with E-state index in [1.807, 2.05) is 70.0 Å². The summed E-state index contributed by atoms with van der Waals surface area (Å²) < 4.78 is 3.74. The highest BCUT2D eigenvalue weighted by atomic mass is 16.2. The first-order valence-corrected chi connectivity index (χ1v) is 9.12. The molecule has 1 aromatic carbocycles. The number of carbonyl (C=O) groups is 1. The number of likely N-dealkylation sites (tertiary alicyclic amines) is 1. The van der Waals surface area contributed by atoms with Crippen molar-refractivity contribution in [2.45, 2.75) is 38.8 Å². The standard InChI is InChI=1S/C20H23N5O/c1-16-10-14-25(22-16)18-8-6-17(7-9-18)20(26)24-13-3-2-5-19(24)15-23-12-4-11-21-23/h4,6-12,14,19H,2-3,5,13,15H2,1H3/t19-/m1/s1. The van der Waals surface area contributed by atoms with Gasteiger partial charge in [0.25, 0.3) is 5.91 Å². The molecular formula is C20H23N5O. The summed E-state index contributed by atoms with van der Waals surface area (Å²) in [7, 11) is 0. The van der Waals surface area contributed by atoms with Crippen LogP contribution in [0, 0.1) is 6.92 Å². The molecule has 3 heterocycles. The SMILES string of the molecule is Cc1ccn(-c2ccc(C(=O)N3CCCC[C@@H]3Cn3cccn3)cc2)n1. The Hall–Kier alpha value is -2.89. The smallest absolute Gasteiger partial charge is 0.254 e. The normalized spacial score (nSPS) is 17.4. The van der Waals surface area contributed by atoms with Crippen LogP contribution < -0.4 is 0 Å². The molecule has 1 amide bonds. The molecule has 1 aliphatic heterocycles. The molecule has 0 bridgehead atoms. The molecule has 1 atom stereocenters. The molecule has 0 N–H and O–H groups in total. The summed E-state index contributed by atoms with van der Waals surface area (Å²) in [6.45, 7) is 3.53. The minimum absolute atomic E-state index is 0.102. The van der Waals surface area contributed by atoms with Crippen molar-refractivity contribution in [3.63, 3.8) is 0 Å². The number of carbonyl (C=O) groups excluding carboxylic acids is 1. The number of hydrogen-bond donors (Lipinski definition) is 0. The first-order chi connectivity index (χ1) is 12.7. The third-order valence-corrected chi connectivity index (χ3v) is 4.95. The second-order valence-corrected chi connectivity index (χ2v) is 6.82. The lowest BCUT2D eigenvalue weighted by Crippen LogP contribution is -2.45. The van der Waals surface area contributed by atoms with E-state index < -0.39 is 0 Å². The molecular weight excluding hydrogens is 326 g/mol. The van der Waals surface area contributed by atoms with Gasteiger partial charge in [0.15, 0.2) is 0 Å². The van der Waals surface area contributed by atoms with Gasteiger partial charge in [-0.2, -0.15) is 10.2 Å². The number of piperidine rings is 1. The molecule has 0 unspecified atom stereocenters. The maximum Gasteiger partial charge on any atom is 0.254 e. The van der Waals surface area contributed by atoms with Crippen LogP contribution in [0.2, 0.25) is 0 Å². The van der Waals surface area contributed by atoms with Crippen LogP contribution in [-0.2, 0) is 6.54 Å². The van der Waals surface area contributed by atoms with Crippen LogP contribution in [0.5, 0.6) is 0 Å². The monoisotopic (exact) mass is 349 g/mol. The van der Waals surface area contributed by atoms with E-state index in [4.69, 9.17) is 0 Å². The third-order valence-electron chi connectivity index (χ3n) is 4.95. The van der Waals surface area contributed by atoms with Gasteiger partial charge in [-0.05, 0) is 62.6 Å². The van der Waals surface area contributed by atoms with Crippen LogP contribution in [-0.4, -0.2) is 43.0 Å². The van der Waals surface area contributed by atoms with E-state index in [-0.39, 0.29) is 11.9 Å². The maximum absolute atomic E-state index is 13.1. The Morgan fingerprint density at radius 2 is 2.00 bits per heavy atom. The lowest BCUT2D eigenvalue weighted by atomic mass is 10.0. The van der Waals surface area contributed by atoms with Crippen LogP contribution in [0.4, 0.5) is 0 Å². The number of nitrogens with zero attached hydrogens (tertiary/aromatic N) is 5. The van der Waals surface area contributed by atoms with Crippen LogP contribution in [0.15, 0.2) is 55.0 Å². The van der Waals surface area contributed by atoms with Crippen molar-refractivity contribution >= 4 is 5.91 Å². The first kappa shape index (κ1) is 16.6. The van der Waals surface area contributed by atoms with Gasteiger partial charge in [-0.25, -0.2) is 4.68 Å². The van der Waals surface area contributed by atoms with Crippen LogP contribution in [0.25, 0.3) is 5.69 Å². The quantitative estimate of drug-likeness (QED) is 0.727. The molecule has 4 rings (SSSR count).